The molecule has 0 saturated heterocycles. The van der Waals surface area contributed by atoms with Crippen LogP contribution < -0.4 is 14.7 Å². The second-order valence-electron chi connectivity index (χ2n) is 44.7. The van der Waals surface area contributed by atoms with E-state index in [-0.39, 0.29) is 0 Å². The number of nitrogens with zero attached hydrogens (tertiary/aromatic N) is 3. The van der Waals surface area contributed by atoms with Gasteiger partial charge in [-0.05, 0) is 380 Å². The lowest BCUT2D eigenvalue weighted by atomic mass is 9.50. The lowest BCUT2D eigenvalue weighted by molar-refractivity contribution is -0.00282. The number of thiophene rings is 3. The molecule has 12 aliphatic carbocycles. The maximum absolute atomic E-state index is 6.35. The van der Waals surface area contributed by atoms with E-state index in [1.807, 2.05) is 58.3 Å². The van der Waals surface area contributed by atoms with Crippen LogP contribution in [0.15, 0.2) is 421 Å². The molecule has 710 valence electrons. The van der Waals surface area contributed by atoms with E-state index in [9.17, 15) is 0 Å². The SMILES string of the molecule is c1cc(-c2ccc(N(c3ccc4c(c3)oc3ccccc34)c3ccc4c(c3)oc3ccccc34)cc2)cc(C2C3CC4CC(C3)CC2C4)c1.c1cc(-c2ccc(N(c3ccc4c(c3)sc3ccccc34)c3ccc4c(c3)sc3ccccc34)cc2)cc(C2C3CC4CC(C3)CC2C4)c1.c1ccc(-c2ccc(N(c3ccc(-c4cccc(C5C6CC7CC(C6)CC5C7)c4)cc3)c3cccc4c3sc3ccccc34)cc2)cc1. The molecule has 5 heterocycles. The van der Waals surface area contributed by atoms with E-state index < -0.39 is 0 Å². The van der Waals surface area contributed by atoms with Gasteiger partial charge in [-0.1, -0.05) is 267 Å². The third-order valence-electron chi connectivity index (χ3n) is 36.2. The molecule has 0 atom stereocenters. The fourth-order valence-corrected chi connectivity index (χ4v) is 34.2. The topological polar surface area (TPSA) is 36.0 Å². The van der Waals surface area contributed by atoms with E-state index in [2.05, 4.69) is 403 Å². The minimum atomic E-state index is 0.740. The molecule has 0 radical (unpaired) electrons. The van der Waals surface area contributed by atoms with Crippen molar-refractivity contribution in [2.45, 2.75) is 114 Å². The van der Waals surface area contributed by atoms with Gasteiger partial charge in [0.15, 0.2) is 0 Å². The Labute approximate surface area is 865 Å². The van der Waals surface area contributed by atoms with Crippen LogP contribution in [0.2, 0.25) is 0 Å². The molecular weight excluding hydrogens is 1830 g/mol. The molecule has 18 aromatic carbocycles. The van der Waals surface area contributed by atoms with Crippen molar-refractivity contribution in [1.82, 2.24) is 0 Å². The molecule has 0 aliphatic heterocycles. The molecule has 5 nitrogen and oxygen atoms in total. The Morgan fingerprint density at radius 3 is 0.822 bits per heavy atom. The molecule has 0 unspecified atom stereocenters. The zero-order valence-corrected chi connectivity index (χ0v) is 84.4. The summed E-state index contributed by atoms with van der Waals surface area (Å²) >= 11 is 5.66. The maximum Gasteiger partial charge on any atom is 0.137 e. The van der Waals surface area contributed by atoms with Gasteiger partial charge in [0, 0.05) is 135 Å². The van der Waals surface area contributed by atoms with Gasteiger partial charge < -0.3 is 23.5 Å². The third kappa shape index (κ3) is 15.4. The Kier molecular flexibility index (Phi) is 21.3. The highest BCUT2D eigenvalue weighted by atomic mass is 32.1. The van der Waals surface area contributed by atoms with Crippen molar-refractivity contribution < 1.29 is 8.83 Å². The van der Waals surface area contributed by atoms with E-state index >= 15 is 0 Å². The largest absolute Gasteiger partial charge is 0.456 e. The number of fused-ring (bicyclic) bond motifs is 15. The molecule has 12 aliphatic rings. The van der Waals surface area contributed by atoms with E-state index in [0.717, 1.165) is 155 Å². The van der Waals surface area contributed by atoms with Crippen LogP contribution in [-0.4, -0.2) is 0 Å². The third-order valence-corrected chi connectivity index (χ3v) is 39.7. The number of furan rings is 2. The van der Waals surface area contributed by atoms with Gasteiger partial charge in [0.25, 0.3) is 0 Å². The van der Waals surface area contributed by atoms with Gasteiger partial charge in [0.2, 0.25) is 0 Å². The molecular formula is C138H113N3O2S3. The van der Waals surface area contributed by atoms with Crippen molar-refractivity contribution in [2.75, 3.05) is 14.7 Å². The highest BCUT2D eigenvalue weighted by Gasteiger charge is 2.52. The first-order valence-corrected chi connectivity index (χ1v) is 56.4. The van der Waals surface area contributed by atoms with Crippen molar-refractivity contribution in [3.05, 3.63) is 429 Å². The summed E-state index contributed by atoms with van der Waals surface area (Å²) in [5.74, 6) is 13.7. The first-order chi connectivity index (χ1) is 72.2. The smallest absolute Gasteiger partial charge is 0.137 e. The van der Waals surface area contributed by atoms with Crippen molar-refractivity contribution >= 4 is 190 Å². The minimum absolute atomic E-state index is 0.740. The van der Waals surface area contributed by atoms with Crippen molar-refractivity contribution in [2.24, 2.45) is 71.0 Å². The van der Waals surface area contributed by atoms with Crippen LogP contribution in [0.25, 0.3) is 149 Å². The van der Waals surface area contributed by atoms with Crippen LogP contribution in [0, 0.1) is 71.0 Å². The Bertz CT molecular complexity index is 8300. The van der Waals surface area contributed by atoms with E-state index in [1.54, 1.807) is 16.7 Å². The summed E-state index contributed by atoms with van der Waals surface area (Å²) in [6, 6.07) is 153. The molecule has 5 aromatic heterocycles. The normalized spacial score (nSPS) is 22.9. The van der Waals surface area contributed by atoms with Crippen LogP contribution in [0.4, 0.5) is 51.2 Å². The lowest BCUT2D eigenvalue weighted by Crippen LogP contribution is -2.43. The van der Waals surface area contributed by atoms with Gasteiger partial charge in [0.1, 0.15) is 22.3 Å². The molecule has 12 fully saturated rings. The molecule has 12 bridgehead atoms. The molecule has 12 saturated carbocycles. The van der Waals surface area contributed by atoms with Gasteiger partial charge >= 0.3 is 0 Å². The summed E-state index contributed by atoms with van der Waals surface area (Å²) < 4.78 is 20.7. The van der Waals surface area contributed by atoms with Crippen molar-refractivity contribution in [3.63, 3.8) is 0 Å². The fraction of sp³-hybridized carbons (Fsp3) is 0.217. The molecule has 8 heteroatoms. The van der Waals surface area contributed by atoms with E-state index in [4.69, 9.17) is 8.83 Å². The second-order valence-corrected chi connectivity index (χ2v) is 47.9. The monoisotopic (exact) mass is 1940 g/mol. The van der Waals surface area contributed by atoms with Crippen molar-refractivity contribution in [3.8, 4) is 44.5 Å². The molecule has 35 rings (SSSR count). The number of para-hydroxylation sites is 2. The van der Waals surface area contributed by atoms with Crippen molar-refractivity contribution in [1.29, 1.82) is 0 Å². The minimum Gasteiger partial charge on any atom is -0.456 e. The number of benzene rings is 18. The summed E-state index contributed by atoms with van der Waals surface area (Å²) in [5.41, 5.74) is 28.9. The first kappa shape index (κ1) is 87.0. The predicted molar refractivity (Wildman–Crippen MR) is 618 cm³/mol. The summed E-state index contributed by atoms with van der Waals surface area (Å²) in [4.78, 5) is 7.21. The summed E-state index contributed by atoms with van der Waals surface area (Å²) in [6.45, 7) is 0. The molecule has 23 aromatic rings. The van der Waals surface area contributed by atoms with Gasteiger partial charge in [-0.25, -0.2) is 0 Å². The Morgan fingerprint density at radius 2 is 0.438 bits per heavy atom. The summed E-state index contributed by atoms with van der Waals surface area (Å²) in [5, 5.41) is 12.5. The van der Waals surface area contributed by atoms with E-state index in [1.165, 1.54) is 230 Å². The molecule has 0 N–H and O–H groups in total. The number of hydrogen-bond donors (Lipinski definition) is 0. The Balaban J connectivity index is 0.000000102. The van der Waals surface area contributed by atoms with Gasteiger partial charge in [-0.3, -0.25) is 0 Å². The van der Waals surface area contributed by atoms with Gasteiger partial charge in [-0.15, -0.1) is 34.0 Å². The van der Waals surface area contributed by atoms with Crippen LogP contribution in [0.3, 0.4) is 0 Å². The Morgan fingerprint density at radius 1 is 0.171 bits per heavy atom. The zero-order chi connectivity index (χ0) is 95.7. The highest BCUT2D eigenvalue weighted by molar-refractivity contribution is 7.27. The molecule has 0 amide bonds. The number of rotatable bonds is 16. The number of anilines is 9. The maximum atomic E-state index is 6.35. The van der Waals surface area contributed by atoms with Crippen LogP contribution >= 0.6 is 34.0 Å². The predicted octanol–water partition coefficient (Wildman–Crippen LogP) is 40.7. The van der Waals surface area contributed by atoms with Crippen LogP contribution in [-0.2, 0) is 0 Å². The molecule has 146 heavy (non-hydrogen) atoms. The average Bonchev–Trinajstić information content (AvgIpc) is 1.11. The van der Waals surface area contributed by atoms with Crippen LogP contribution in [0.5, 0.6) is 0 Å². The van der Waals surface area contributed by atoms with Crippen LogP contribution in [0.1, 0.15) is 131 Å². The Hall–Kier alpha value is -14.4. The standard InChI is InChI=1S/C46H37NO2.C46H37NS2.C46H39NS/c2*1-3-10-42-38(8-1)40-18-16-36(26-44(40)48-42)47(37-17-19-41-39-9-2-4-11-43(39)49-45(41)27-37)35-14-12-30(13-15-35)31-6-5-7-32(25-31)46-33-21-28-20-29(23-33)24-34(46)22-28;1-2-8-32(9-3-1)33-16-20-39(21-17-33)47(43-14-7-13-42-41-12-4-5-15-44(41)48-46(42)43)40-22-18-34(19-23-40)35-10-6-11-36(29-35)45-37-25-30-24-31(27-37)28-38(45)26-30/h2*1-19,25-29,33-34,46H,20-24H2;1-23,29-31,37-38,45H,24-28H2. The quantitative estimate of drug-likeness (QED) is 0.0963. The first-order valence-electron chi connectivity index (χ1n) is 53.9. The van der Waals surface area contributed by atoms with E-state index in [0.29, 0.717) is 0 Å². The highest BCUT2D eigenvalue weighted by Crippen LogP contribution is 2.64. The summed E-state index contributed by atoms with van der Waals surface area (Å²) in [6.07, 6.45) is 22.0. The number of hydrogen-bond acceptors (Lipinski definition) is 8. The lowest BCUT2D eigenvalue weighted by Gasteiger charge is -2.54. The zero-order valence-electron chi connectivity index (χ0n) is 81.9. The van der Waals surface area contributed by atoms with Gasteiger partial charge in [0.05, 0.1) is 10.4 Å². The molecule has 0 spiro atoms. The fourth-order valence-electron chi connectivity index (χ4n) is 30.7. The second kappa shape index (κ2) is 35.8. The van der Waals surface area contributed by atoms with Gasteiger partial charge in [-0.2, -0.15) is 0 Å². The summed E-state index contributed by atoms with van der Waals surface area (Å²) in [7, 11) is 0. The average molecular weight is 1940 g/mol.